The van der Waals surface area contributed by atoms with Crippen molar-refractivity contribution in [1.29, 1.82) is 0 Å². The number of anilines is 1. The molecule has 0 aliphatic heterocycles. The SMILES string of the molecule is CCN(C)c1ccc(C=Cc2cccs2)cc1O[Si](c1ccccc1)(c1ccccc1)C(C)(C)C. The molecule has 4 heteroatoms. The fourth-order valence-corrected chi connectivity index (χ4v) is 9.62. The summed E-state index contributed by atoms with van der Waals surface area (Å²) in [5.74, 6) is 0.942. The first-order valence-electron chi connectivity index (χ1n) is 12.2. The minimum Gasteiger partial charge on any atom is -0.533 e. The summed E-state index contributed by atoms with van der Waals surface area (Å²) < 4.78 is 7.44. The van der Waals surface area contributed by atoms with Crippen molar-refractivity contribution >= 4 is 47.9 Å². The van der Waals surface area contributed by atoms with Crippen LogP contribution in [0, 0.1) is 0 Å². The predicted octanol–water partition coefficient (Wildman–Crippen LogP) is 7.31. The van der Waals surface area contributed by atoms with Crippen molar-refractivity contribution < 1.29 is 4.43 Å². The molecule has 0 radical (unpaired) electrons. The van der Waals surface area contributed by atoms with Gasteiger partial charge in [-0.25, -0.2) is 0 Å². The molecule has 35 heavy (non-hydrogen) atoms. The van der Waals surface area contributed by atoms with E-state index >= 15 is 0 Å². The van der Waals surface area contributed by atoms with E-state index in [1.807, 2.05) is 0 Å². The van der Waals surface area contributed by atoms with Gasteiger partial charge in [0.1, 0.15) is 5.75 Å². The van der Waals surface area contributed by atoms with Crippen molar-refractivity contribution in [1.82, 2.24) is 0 Å². The van der Waals surface area contributed by atoms with Crippen LogP contribution in [0.5, 0.6) is 5.75 Å². The molecule has 0 saturated carbocycles. The van der Waals surface area contributed by atoms with Crippen LogP contribution < -0.4 is 19.7 Å². The molecule has 0 atom stereocenters. The minimum absolute atomic E-state index is 0.0967. The van der Waals surface area contributed by atoms with Gasteiger partial charge in [0.15, 0.2) is 0 Å². The first kappa shape index (κ1) is 25.0. The monoisotopic (exact) mass is 497 g/mol. The van der Waals surface area contributed by atoms with Crippen molar-refractivity contribution in [3.05, 3.63) is 107 Å². The van der Waals surface area contributed by atoms with E-state index < -0.39 is 8.32 Å². The molecule has 3 aromatic carbocycles. The maximum absolute atomic E-state index is 7.44. The lowest BCUT2D eigenvalue weighted by Crippen LogP contribution is -2.68. The Labute approximate surface area is 215 Å². The van der Waals surface area contributed by atoms with Gasteiger partial charge >= 0.3 is 8.32 Å². The molecular formula is C31H35NOSSi. The van der Waals surface area contributed by atoms with Gasteiger partial charge in [0.2, 0.25) is 0 Å². The number of hydrogen-bond donors (Lipinski definition) is 0. The maximum atomic E-state index is 7.44. The van der Waals surface area contributed by atoms with Crippen LogP contribution in [0.15, 0.2) is 96.4 Å². The molecule has 0 fully saturated rings. The van der Waals surface area contributed by atoms with Gasteiger partial charge in [-0.3, -0.25) is 0 Å². The molecule has 0 N–H and O–H groups in total. The Hall–Kier alpha value is -3.08. The van der Waals surface area contributed by atoms with E-state index in [-0.39, 0.29) is 5.04 Å². The third-order valence-electron chi connectivity index (χ3n) is 6.53. The standard InChI is InChI=1S/C31H35NOSSi/c1-6-32(5)29-22-20-25(19-21-26-14-13-23-34-26)24-30(29)33-35(31(2,3)4,27-15-9-7-10-16-27)28-17-11-8-12-18-28/h7-24H,6H2,1-5H3. The normalized spacial score (nSPS) is 12.1. The molecule has 0 amide bonds. The zero-order valence-corrected chi connectivity index (χ0v) is 23.2. The number of thiophene rings is 1. The van der Waals surface area contributed by atoms with Gasteiger partial charge in [0.25, 0.3) is 0 Å². The lowest BCUT2D eigenvalue weighted by molar-refractivity contribution is 0.507. The van der Waals surface area contributed by atoms with Gasteiger partial charge in [-0.2, -0.15) is 0 Å². The van der Waals surface area contributed by atoms with E-state index in [1.165, 1.54) is 15.3 Å². The second-order valence-corrected chi connectivity index (χ2v) is 15.1. The maximum Gasteiger partial charge on any atom is 0.320 e. The summed E-state index contributed by atoms with van der Waals surface area (Å²) in [6, 6.07) is 32.5. The van der Waals surface area contributed by atoms with Crippen LogP contribution in [0.2, 0.25) is 5.04 Å². The van der Waals surface area contributed by atoms with Crippen LogP contribution in [0.3, 0.4) is 0 Å². The minimum atomic E-state index is -2.73. The summed E-state index contributed by atoms with van der Waals surface area (Å²) in [5.41, 5.74) is 2.26. The van der Waals surface area contributed by atoms with Crippen LogP contribution in [-0.2, 0) is 0 Å². The largest absolute Gasteiger partial charge is 0.533 e. The predicted molar refractivity (Wildman–Crippen MR) is 157 cm³/mol. The van der Waals surface area contributed by atoms with Gasteiger partial charge in [-0.1, -0.05) is 99.6 Å². The highest BCUT2D eigenvalue weighted by Gasteiger charge is 2.52. The molecule has 1 heterocycles. The first-order chi connectivity index (χ1) is 16.8. The number of benzene rings is 3. The molecule has 0 saturated heterocycles. The highest BCUT2D eigenvalue weighted by Crippen LogP contribution is 2.40. The van der Waals surface area contributed by atoms with E-state index in [0.29, 0.717) is 0 Å². The van der Waals surface area contributed by atoms with Gasteiger partial charge in [-0.05, 0) is 57.6 Å². The highest BCUT2D eigenvalue weighted by atomic mass is 32.1. The average Bonchev–Trinajstić information content (AvgIpc) is 3.40. The van der Waals surface area contributed by atoms with Crippen LogP contribution >= 0.6 is 11.3 Å². The average molecular weight is 498 g/mol. The van der Waals surface area contributed by atoms with Crippen LogP contribution in [-0.4, -0.2) is 21.9 Å². The first-order valence-corrected chi connectivity index (χ1v) is 15.0. The number of rotatable bonds is 8. The van der Waals surface area contributed by atoms with Crippen LogP contribution in [0.4, 0.5) is 5.69 Å². The molecule has 0 unspecified atom stereocenters. The molecule has 0 bridgehead atoms. The van der Waals surface area contributed by atoms with E-state index in [2.05, 4.69) is 148 Å². The number of hydrogen-bond acceptors (Lipinski definition) is 3. The Morgan fingerprint density at radius 1 is 0.829 bits per heavy atom. The van der Waals surface area contributed by atoms with Crippen molar-refractivity contribution in [2.75, 3.05) is 18.5 Å². The van der Waals surface area contributed by atoms with Crippen LogP contribution in [0.25, 0.3) is 12.2 Å². The number of nitrogens with zero attached hydrogens (tertiary/aromatic N) is 1. The Morgan fingerprint density at radius 3 is 1.97 bits per heavy atom. The van der Waals surface area contributed by atoms with Crippen molar-refractivity contribution in [2.24, 2.45) is 0 Å². The van der Waals surface area contributed by atoms with E-state index in [0.717, 1.165) is 23.5 Å². The highest BCUT2D eigenvalue weighted by molar-refractivity contribution is 7.10. The molecule has 4 rings (SSSR count). The van der Waals surface area contributed by atoms with E-state index in [4.69, 9.17) is 4.43 Å². The summed E-state index contributed by atoms with van der Waals surface area (Å²) >= 11 is 1.75. The zero-order chi connectivity index (χ0) is 24.9. The quantitative estimate of drug-likeness (QED) is 0.237. The second kappa shape index (κ2) is 10.7. The van der Waals surface area contributed by atoms with Crippen molar-refractivity contribution in [3.8, 4) is 5.75 Å². The summed E-state index contributed by atoms with van der Waals surface area (Å²) in [7, 11) is -0.594. The fraction of sp³-hybridized carbons (Fsp3) is 0.226. The fourth-order valence-electron chi connectivity index (χ4n) is 4.58. The Morgan fingerprint density at radius 2 is 1.46 bits per heavy atom. The van der Waals surface area contributed by atoms with Crippen molar-refractivity contribution in [3.63, 3.8) is 0 Å². The third-order valence-corrected chi connectivity index (χ3v) is 12.3. The molecule has 4 aromatic rings. The summed E-state index contributed by atoms with van der Waals surface area (Å²) in [4.78, 5) is 3.51. The van der Waals surface area contributed by atoms with Gasteiger partial charge in [-0.15, -0.1) is 11.3 Å². The lowest BCUT2D eigenvalue weighted by atomic mass is 10.1. The van der Waals surface area contributed by atoms with Gasteiger partial charge < -0.3 is 9.33 Å². The third kappa shape index (κ3) is 5.29. The summed E-state index contributed by atoms with van der Waals surface area (Å²) in [5, 5.41) is 4.57. The second-order valence-electron chi connectivity index (χ2n) is 9.86. The molecule has 0 aliphatic rings. The molecule has 2 nitrogen and oxygen atoms in total. The molecular weight excluding hydrogens is 463 g/mol. The van der Waals surface area contributed by atoms with Gasteiger partial charge in [0.05, 0.1) is 5.69 Å². The zero-order valence-electron chi connectivity index (χ0n) is 21.4. The topological polar surface area (TPSA) is 12.5 Å². The molecule has 1 aromatic heterocycles. The molecule has 180 valence electrons. The Bertz CT molecular complexity index is 1200. The smallest absolute Gasteiger partial charge is 0.320 e. The van der Waals surface area contributed by atoms with Crippen LogP contribution in [0.1, 0.15) is 38.1 Å². The van der Waals surface area contributed by atoms with E-state index in [1.54, 1.807) is 11.3 Å². The molecule has 0 aliphatic carbocycles. The lowest BCUT2D eigenvalue weighted by Gasteiger charge is -2.43. The summed E-state index contributed by atoms with van der Waals surface area (Å²) in [6.45, 7) is 10.0. The molecule has 0 spiro atoms. The Balaban J connectivity index is 1.91. The summed E-state index contributed by atoms with van der Waals surface area (Å²) in [6.07, 6.45) is 4.36. The van der Waals surface area contributed by atoms with Crippen molar-refractivity contribution in [2.45, 2.75) is 32.7 Å². The van der Waals surface area contributed by atoms with E-state index in [9.17, 15) is 0 Å². The van der Waals surface area contributed by atoms with Gasteiger partial charge in [0, 0.05) is 18.5 Å². The Kier molecular flexibility index (Phi) is 7.63.